The lowest BCUT2D eigenvalue weighted by molar-refractivity contribution is -0.0976. The molecule has 1 aromatic rings. The Morgan fingerprint density at radius 2 is 2.16 bits per heavy atom. The molecule has 0 heterocycles. The molecule has 0 saturated heterocycles. The number of benzene rings is 1. The zero-order chi connectivity index (χ0) is 14.2. The van der Waals surface area contributed by atoms with Crippen molar-refractivity contribution < 1.29 is 27.0 Å². The molecule has 0 aliphatic heterocycles. The van der Waals surface area contributed by atoms with Crippen LogP contribution in [0.3, 0.4) is 0 Å². The molecule has 0 radical (unpaired) electrons. The lowest BCUT2D eigenvalue weighted by atomic mass is 10.1. The van der Waals surface area contributed by atoms with Gasteiger partial charge < -0.3 is 9.84 Å². The second kappa shape index (κ2) is 5.05. The number of hydrogen-bond acceptors (Lipinski definition) is 4. The van der Waals surface area contributed by atoms with E-state index in [9.17, 15) is 22.3 Å². The van der Waals surface area contributed by atoms with Crippen LogP contribution in [-0.4, -0.2) is 26.1 Å². The minimum Gasteiger partial charge on any atom is -0.493 e. The van der Waals surface area contributed by atoms with Crippen LogP contribution in [0.1, 0.15) is 30.6 Å². The van der Waals surface area contributed by atoms with Gasteiger partial charge in [-0.3, -0.25) is 0 Å². The maximum Gasteiger partial charge on any atom is 0.281 e. The number of hydrogen-bond donors (Lipinski definition) is 2. The molecule has 0 aromatic heterocycles. The Balaban J connectivity index is 2.56. The topological polar surface area (TPSA) is 63.6 Å². The van der Waals surface area contributed by atoms with Crippen molar-refractivity contribution in [3.8, 4) is 5.75 Å². The molecule has 1 atom stereocenters. The van der Waals surface area contributed by atoms with Crippen LogP contribution in [-0.2, 0) is 17.1 Å². The molecular weight excluding hydrogens is 278 g/mol. The summed E-state index contributed by atoms with van der Waals surface area (Å²) >= 11 is 0. The van der Waals surface area contributed by atoms with Crippen LogP contribution in [0.25, 0.3) is 0 Å². The molecule has 4 nitrogen and oxygen atoms in total. The molecule has 1 unspecified atom stereocenters. The molecule has 2 rings (SSSR count). The first-order valence-corrected chi connectivity index (χ1v) is 7.05. The van der Waals surface area contributed by atoms with Gasteiger partial charge in [0.05, 0.1) is 11.5 Å². The average molecular weight is 292 g/mol. The molecule has 19 heavy (non-hydrogen) atoms. The highest BCUT2D eigenvalue weighted by Crippen LogP contribution is 2.48. The van der Waals surface area contributed by atoms with Crippen molar-refractivity contribution in [1.29, 1.82) is 0 Å². The Hall–Kier alpha value is -1.21. The summed E-state index contributed by atoms with van der Waals surface area (Å²) in [5.41, 5.74) is -0.141. The van der Waals surface area contributed by atoms with Crippen molar-refractivity contribution in [2.75, 3.05) is 6.61 Å². The van der Waals surface area contributed by atoms with Crippen molar-refractivity contribution >= 4 is 10.7 Å². The number of aliphatic hydroxyl groups excluding tert-OH is 1. The van der Waals surface area contributed by atoms with Crippen molar-refractivity contribution in [3.05, 3.63) is 23.3 Å². The predicted molar refractivity (Wildman–Crippen MR) is 64.4 cm³/mol. The van der Waals surface area contributed by atoms with Crippen molar-refractivity contribution in [3.63, 3.8) is 0 Å². The molecule has 0 spiro atoms. The number of ether oxygens (including phenoxy) is 1. The molecule has 0 amide bonds. The van der Waals surface area contributed by atoms with Crippen LogP contribution in [0.15, 0.2) is 17.0 Å². The first kappa shape index (κ1) is 14.2. The quantitative estimate of drug-likeness (QED) is 0.829. The fourth-order valence-electron chi connectivity index (χ4n) is 2.17. The fourth-order valence-corrected chi connectivity index (χ4v) is 2.82. The lowest BCUT2D eigenvalue weighted by Gasteiger charge is -2.14. The minimum atomic E-state index is -3.37. The molecule has 0 saturated carbocycles. The molecule has 1 aliphatic rings. The summed E-state index contributed by atoms with van der Waals surface area (Å²) in [7, 11) is -3.04. The van der Waals surface area contributed by atoms with Gasteiger partial charge >= 0.3 is 0 Å². The largest absolute Gasteiger partial charge is 0.493 e. The van der Waals surface area contributed by atoms with Crippen LogP contribution in [0.4, 0.5) is 8.78 Å². The predicted octanol–water partition coefficient (Wildman–Crippen LogP) is 1.67. The van der Waals surface area contributed by atoms with Crippen LogP contribution in [0.2, 0.25) is 0 Å². The fraction of sp³-hybridized carbons (Fsp3) is 0.500. The molecule has 1 N–H and O–H groups in total. The van der Waals surface area contributed by atoms with E-state index in [1.54, 1.807) is 0 Å². The maximum absolute atomic E-state index is 13.6. The third kappa shape index (κ3) is 2.44. The van der Waals surface area contributed by atoms with E-state index in [1.807, 2.05) is 6.92 Å². The summed E-state index contributed by atoms with van der Waals surface area (Å²) in [4.78, 5) is -0.265. The zero-order valence-electron chi connectivity index (χ0n) is 10.2. The van der Waals surface area contributed by atoms with E-state index in [4.69, 9.17) is 4.74 Å². The summed E-state index contributed by atoms with van der Waals surface area (Å²) in [6.07, 6.45) is -2.11. The third-order valence-electron chi connectivity index (χ3n) is 3.04. The van der Waals surface area contributed by atoms with Gasteiger partial charge in [0.15, 0.2) is 10.7 Å². The van der Waals surface area contributed by atoms with Gasteiger partial charge in [0.25, 0.3) is 5.92 Å². The smallest absolute Gasteiger partial charge is 0.281 e. The Morgan fingerprint density at radius 1 is 1.47 bits per heavy atom. The number of thiol groups is 1. The Morgan fingerprint density at radius 3 is 2.74 bits per heavy atom. The van der Waals surface area contributed by atoms with Gasteiger partial charge in [-0.25, -0.2) is 17.2 Å². The highest BCUT2D eigenvalue weighted by Gasteiger charge is 2.49. The third-order valence-corrected chi connectivity index (χ3v) is 3.82. The van der Waals surface area contributed by atoms with Gasteiger partial charge in [-0.1, -0.05) is 6.92 Å². The SMILES string of the molecule is CCCOc1ccc([SH](=O)=O)c2c1CC(F)(F)C2O. The van der Waals surface area contributed by atoms with Gasteiger partial charge in [0.1, 0.15) is 11.9 Å². The molecule has 1 aromatic carbocycles. The Labute approximate surface area is 111 Å². The Kier molecular flexibility index (Phi) is 3.78. The summed E-state index contributed by atoms with van der Waals surface area (Å²) in [6.45, 7) is 2.21. The molecule has 0 fully saturated rings. The van der Waals surface area contributed by atoms with E-state index in [0.717, 1.165) is 0 Å². The number of rotatable bonds is 4. The van der Waals surface area contributed by atoms with Gasteiger partial charge in [-0.15, -0.1) is 0 Å². The van der Waals surface area contributed by atoms with E-state index in [0.29, 0.717) is 13.0 Å². The number of fused-ring (bicyclic) bond motifs is 1. The van der Waals surface area contributed by atoms with Crippen molar-refractivity contribution in [1.82, 2.24) is 0 Å². The standard InChI is InChI=1S/C12H14F2O4S/c1-2-5-18-8-3-4-9(19(16)17)10-7(8)6-12(13,14)11(10)15/h3-4,11,15,19H,2,5-6H2,1H3. The zero-order valence-corrected chi connectivity index (χ0v) is 11.1. The van der Waals surface area contributed by atoms with E-state index in [2.05, 4.69) is 0 Å². The summed E-state index contributed by atoms with van der Waals surface area (Å²) in [6, 6.07) is 2.56. The average Bonchev–Trinajstić information content (AvgIpc) is 2.58. The molecule has 106 valence electrons. The summed E-state index contributed by atoms with van der Waals surface area (Å²) < 4.78 is 54.6. The van der Waals surface area contributed by atoms with E-state index in [-0.39, 0.29) is 21.8 Å². The van der Waals surface area contributed by atoms with Crippen LogP contribution < -0.4 is 4.74 Å². The molecule has 7 heteroatoms. The Bertz CT molecular complexity index is 561. The van der Waals surface area contributed by atoms with E-state index >= 15 is 0 Å². The second-order valence-electron chi connectivity index (χ2n) is 4.42. The second-order valence-corrected chi connectivity index (χ2v) is 5.42. The van der Waals surface area contributed by atoms with E-state index in [1.165, 1.54) is 12.1 Å². The highest BCUT2D eigenvalue weighted by atomic mass is 32.2. The van der Waals surface area contributed by atoms with Crippen LogP contribution in [0, 0.1) is 0 Å². The van der Waals surface area contributed by atoms with Gasteiger partial charge in [-0.2, -0.15) is 0 Å². The normalized spacial score (nSPS) is 20.6. The minimum absolute atomic E-state index is 0.0858. The van der Waals surface area contributed by atoms with Gasteiger partial charge in [-0.05, 0) is 18.6 Å². The van der Waals surface area contributed by atoms with Gasteiger partial charge in [0.2, 0.25) is 0 Å². The van der Waals surface area contributed by atoms with Crippen LogP contribution >= 0.6 is 0 Å². The van der Waals surface area contributed by atoms with E-state index < -0.39 is 29.2 Å². The first-order chi connectivity index (χ1) is 8.88. The molecule has 0 bridgehead atoms. The highest BCUT2D eigenvalue weighted by molar-refractivity contribution is 7.72. The van der Waals surface area contributed by atoms with Crippen molar-refractivity contribution in [2.45, 2.75) is 36.7 Å². The first-order valence-electron chi connectivity index (χ1n) is 5.87. The van der Waals surface area contributed by atoms with Crippen molar-refractivity contribution in [2.24, 2.45) is 0 Å². The molecule has 1 aliphatic carbocycles. The monoisotopic (exact) mass is 292 g/mol. The summed E-state index contributed by atoms with van der Waals surface area (Å²) in [5, 5.41) is 9.62. The number of halogens is 2. The molecular formula is C12H14F2O4S. The summed E-state index contributed by atoms with van der Waals surface area (Å²) in [5.74, 6) is -3.15. The van der Waals surface area contributed by atoms with Crippen LogP contribution in [0.5, 0.6) is 5.75 Å². The maximum atomic E-state index is 13.6. The lowest BCUT2D eigenvalue weighted by Crippen LogP contribution is -2.21. The number of alkyl halides is 2. The van der Waals surface area contributed by atoms with Gasteiger partial charge in [0, 0.05) is 17.5 Å². The number of aliphatic hydroxyl groups is 1.